The zero-order valence-electron chi connectivity index (χ0n) is 25.0. The number of carbonyl (C=O) groups is 1. The molecule has 0 spiro atoms. The maximum atomic E-state index is 11.9. The summed E-state index contributed by atoms with van der Waals surface area (Å²) in [5.41, 5.74) is 4.55. The van der Waals surface area contributed by atoms with Gasteiger partial charge in [-0.05, 0) is 75.6 Å². The largest absolute Gasteiger partial charge is 0.481 e. The number of nitrogens with zero attached hydrogens (tertiary/aromatic N) is 2. The number of carboxylic acid groups (broad SMARTS) is 1. The van der Waals surface area contributed by atoms with Crippen molar-refractivity contribution >= 4 is 44.5 Å². The smallest absolute Gasteiger partial charge is 0.357 e. The van der Waals surface area contributed by atoms with E-state index in [-0.39, 0.29) is 11.3 Å². The van der Waals surface area contributed by atoms with Crippen LogP contribution < -0.4 is 9.08 Å². The van der Waals surface area contributed by atoms with Crippen molar-refractivity contribution in [3.63, 3.8) is 0 Å². The summed E-state index contributed by atoms with van der Waals surface area (Å²) >= 11 is -2.42. The van der Waals surface area contributed by atoms with E-state index in [2.05, 4.69) is 36.3 Å². The highest BCUT2D eigenvalue weighted by Gasteiger charge is 2.45. The monoisotopic (exact) mass is 631 g/mol. The average molecular weight is 632 g/mol. The normalized spacial score (nSPS) is 18.8. The molecule has 0 saturated heterocycles. The topological polar surface area (TPSA) is 144 Å². The van der Waals surface area contributed by atoms with Crippen molar-refractivity contribution in [2.45, 2.75) is 76.0 Å². The quantitative estimate of drug-likeness (QED) is 0.116. The van der Waals surface area contributed by atoms with E-state index in [1.54, 1.807) is 18.2 Å². The molecule has 1 atom stereocenters. The van der Waals surface area contributed by atoms with Gasteiger partial charge in [-0.2, -0.15) is 17.2 Å². The van der Waals surface area contributed by atoms with Crippen LogP contribution in [-0.4, -0.2) is 56.2 Å². The first-order valence-corrected chi connectivity index (χ1v) is 16.6. The fraction of sp³-hybridized carbons (Fsp3) is 0.419. The summed E-state index contributed by atoms with van der Waals surface area (Å²) in [5, 5.41) is 8.99. The third-order valence-electron chi connectivity index (χ3n) is 8.29. The molecule has 2 aromatic rings. The second kappa shape index (κ2) is 12.4. The van der Waals surface area contributed by atoms with E-state index in [9.17, 15) is 26.5 Å². The van der Waals surface area contributed by atoms with E-state index in [1.165, 1.54) is 12.1 Å². The van der Waals surface area contributed by atoms with Crippen molar-refractivity contribution in [1.29, 1.82) is 0 Å². The first-order chi connectivity index (χ1) is 20.1. The number of rotatable bonds is 12. The van der Waals surface area contributed by atoms with E-state index >= 15 is 0 Å². The first-order valence-electron chi connectivity index (χ1n) is 14.2. The molecule has 10 nitrogen and oxygen atoms in total. The summed E-state index contributed by atoms with van der Waals surface area (Å²) in [4.78, 5) is 13.0. The minimum Gasteiger partial charge on any atom is -0.481 e. The molecule has 12 heteroatoms. The van der Waals surface area contributed by atoms with Gasteiger partial charge in [-0.1, -0.05) is 19.9 Å². The Hall–Kier alpha value is -3.32. The molecule has 1 unspecified atom stereocenters. The fourth-order valence-corrected chi connectivity index (χ4v) is 6.91. The number of carboxylic acids is 1. The summed E-state index contributed by atoms with van der Waals surface area (Å²) in [7, 11) is -4.38. The number of fused-ring (bicyclic) bond motifs is 2. The van der Waals surface area contributed by atoms with Crippen molar-refractivity contribution in [2.75, 3.05) is 18.0 Å². The molecule has 2 aliphatic heterocycles. The van der Waals surface area contributed by atoms with Crippen LogP contribution in [0, 0.1) is 0 Å². The number of anilines is 1. The predicted octanol–water partition coefficient (Wildman–Crippen LogP) is 5.73. The Kier molecular flexibility index (Phi) is 9.36. The van der Waals surface area contributed by atoms with Gasteiger partial charge in [0.05, 0.1) is 10.3 Å². The standard InChI is InChI=1S/C31H38N2O8S2/c1-6-32-25-16-14-21(41-42(36)37)19-23(25)30(2,3)27(32)11-10-12-28-31(4,5)24-20-22(43(38,39)40)15-17-26(24)33(28)18-9-7-8-13-29(34)35/h10-12,14-17,19-20H,6-9,13,18H2,1-5H3,(H2-,34,35,36,37,38,39,40)/p+1. The molecule has 3 N–H and O–H groups in total. The number of aliphatic carboxylic acids is 1. The molecule has 43 heavy (non-hydrogen) atoms. The van der Waals surface area contributed by atoms with Gasteiger partial charge in [0.15, 0.2) is 5.71 Å². The van der Waals surface area contributed by atoms with Gasteiger partial charge in [-0.25, -0.2) is 0 Å². The van der Waals surface area contributed by atoms with Gasteiger partial charge in [-0.15, -0.1) is 0 Å². The van der Waals surface area contributed by atoms with E-state index in [4.69, 9.17) is 9.29 Å². The highest BCUT2D eigenvalue weighted by molar-refractivity contribution is 7.85. The third kappa shape index (κ3) is 6.62. The van der Waals surface area contributed by atoms with E-state index in [0.717, 1.165) is 46.8 Å². The summed E-state index contributed by atoms with van der Waals surface area (Å²) < 4.78 is 61.2. The molecule has 0 aromatic heterocycles. The van der Waals surface area contributed by atoms with Crippen LogP contribution in [0.3, 0.4) is 0 Å². The van der Waals surface area contributed by atoms with Crippen LogP contribution in [0.4, 0.5) is 11.4 Å². The number of likely N-dealkylation sites (N-methyl/N-ethyl adjacent to an activating group) is 1. The summed E-state index contributed by atoms with van der Waals surface area (Å²) in [6.45, 7) is 11.6. The lowest BCUT2D eigenvalue weighted by atomic mass is 9.81. The molecule has 0 saturated carbocycles. The Labute approximate surface area is 255 Å². The zero-order valence-corrected chi connectivity index (χ0v) is 26.7. The van der Waals surface area contributed by atoms with Crippen LogP contribution in [0.15, 0.2) is 65.2 Å². The predicted molar refractivity (Wildman–Crippen MR) is 166 cm³/mol. The lowest BCUT2D eigenvalue weighted by Gasteiger charge is -2.25. The molecular weight excluding hydrogens is 592 g/mol. The second-order valence-electron chi connectivity index (χ2n) is 11.8. The van der Waals surface area contributed by atoms with Gasteiger partial charge in [0, 0.05) is 53.9 Å². The molecule has 2 aliphatic rings. The first kappa shape index (κ1) is 32.6. The minimum atomic E-state index is -4.38. The highest BCUT2D eigenvalue weighted by atomic mass is 32.2. The molecule has 0 amide bonds. The molecule has 0 bridgehead atoms. The van der Waals surface area contributed by atoms with Gasteiger partial charge in [0.2, 0.25) is 5.69 Å². The fourth-order valence-electron chi connectivity index (χ4n) is 6.14. The summed E-state index contributed by atoms with van der Waals surface area (Å²) in [6.07, 6.45) is 8.22. The van der Waals surface area contributed by atoms with Gasteiger partial charge < -0.3 is 14.2 Å². The van der Waals surface area contributed by atoms with E-state index in [1.807, 2.05) is 32.1 Å². The molecular formula is C31H39N2O8S2+. The molecule has 0 aliphatic carbocycles. The zero-order chi connectivity index (χ0) is 31.7. The molecule has 2 aromatic carbocycles. The van der Waals surface area contributed by atoms with E-state index in [0.29, 0.717) is 25.3 Å². The molecule has 4 rings (SSSR count). The highest BCUT2D eigenvalue weighted by Crippen LogP contribution is 2.49. The number of unbranched alkanes of at least 4 members (excludes halogenated alkanes) is 2. The Morgan fingerprint density at radius 3 is 2.40 bits per heavy atom. The van der Waals surface area contributed by atoms with Crippen LogP contribution in [0.25, 0.3) is 0 Å². The van der Waals surface area contributed by atoms with Crippen LogP contribution in [0.5, 0.6) is 5.75 Å². The van der Waals surface area contributed by atoms with E-state index < -0.39 is 38.3 Å². The second-order valence-corrected chi connectivity index (χ2v) is 13.8. The van der Waals surface area contributed by atoms with Gasteiger partial charge in [0.25, 0.3) is 10.1 Å². The van der Waals surface area contributed by atoms with Gasteiger partial charge >= 0.3 is 17.3 Å². The van der Waals surface area contributed by atoms with Crippen molar-refractivity contribution in [1.82, 2.24) is 0 Å². The van der Waals surface area contributed by atoms with Crippen LogP contribution in [0.2, 0.25) is 0 Å². The van der Waals surface area contributed by atoms with Crippen molar-refractivity contribution < 1.29 is 40.4 Å². The van der Waals surface area contributed by atoms with Crippen molar-refractivity contribution in [2.24, 2.45) is 0 Å². The van der Waals surface area contributed by atoms with Crippen LogP contribution in [0.1, 0.15) is 71.4 Å². The number of allylic oxidation sites excluding steroid dienone is 4. The summed E-state index contributed by atoms with van der Waals surface area (Å²) in [5.74, 6) is -0.511. The molecule has 0 fully saturated rings. The lowest BCUT2D eigenvalue weighted by molar-refractivity contribution is -0.438. The van der Waals surface area contributed by atoms with Crippen LogP contribution in [-0.2, 0) is 37.1 Å². The Bertz CT molecular complexity index is 1660. The van der Waals surface area contributed by atoms with Crippen molar-refractivity contribution in [3.8, 4) is 5.75 Å². The SMILES string of the molecule is CCN1/C(=C/C=C/C2=[N+](CCCCCC(=O)O)c3ccc(S(=O)(=O)O)cc3C2(C)C)C(C)(C)c2cc(OS(=O)O)ccc21. The van der Waals surface area contributed by atoms with Crippen molar-refractivity contribution in [3.05, 3.63) is 71.5 Å². The van der Waals surface area contributed by atoms with Gasteiger partial charge in [-0.3, -0.25) is 13.9 Å². The number of benzene rings is 2. The Balaban J connectivity index is 1.72. The Morgan fingerprint density at radius 2 is 1.77 bits per heavy atom. The molecule has 232 valence electrons. The molecule has 2 heterocycles. The average Bonchev–Trinajstić information content (AvgIpc) is 3.25. The lowest BCUT2D eigenvalue weighted by Crippen LogP contribution is -2.28. The number of hydrogen-bond acceptors (Lipinski definition) is 6. The number of hydrogen-bond donors (Lipinski definition) is 3. The molecule has 0 radical (unpaired) electrons. The minimum absolute atomic E-state index is 0.113. The van der Waals surface area contributed by atoms with Crippen LogP contribution >= 0.6 is 0 Å². The maximum Gasteiger partial charge on any atom is 0.357 e. The summed E-state index contributed by atoms with van der Waals surface area (Å²) in [6, 6.07) is 9.99. The third-order valence-corrected chi connectivity index (χ3v) is 9.47. The maximum absolute atomic E-state index is 11.9. The Morgan fingerprint density at radius 1 is 1.05 bits per heavy atom. The van der Waals surface area contributed by atoms with Gasteiger partial charge in [0.1, 0.15) is 12.3 Å².